The Balaban J connectivity index is 1.87. The Morgan fingerprint density at radius 2 is 2.10 bits per heavy atom. The molecule has 1 fully saturated rings. The second kappa shape index (κ2) is 7.14. The van der Waals surface area contributed by atoms with Gasteiger partial charge in [-0.1, -0.05) is 0 Å². The van der Waals surface area contributed by atoms with Gasteiger partial charge >= 0.3 is 0 Å². The normalized spacial score (nSPS) is 15.7. The molecule has 0 bridgehead atoms. The fourth-order valence-electron chi connectivity index (χ4n) is 2.14. The van der Waals surface area contributed by atoms with Crippen LogP contribution in [0, 0.1) is 5.82 Å². The summed E-state index contributed by atoms with van der Waals surface area (Å²) in [6.07, 6.45) is 1.82. The van der Waals surface area contributed by atoms with Gasteiger partial charge in [0.2, 0.25) is 5.91 Å². The maximum atomic E-state index is 13.3. The molecule has 1 aromatic carbocycles. The highest BCUT2D eigenvalue weighted by molar-refractivity contribution is 5.96. The van der Waals surface area contributed by atoms with Crippen molar-refractivity contribution in [1.82, 2.24) is 5.32 Å². The highest BCUT2D eigenvalue weighted by Crippen LogP contribution is 2.14. The first-order valence-electron chi connectivity index (χ1n) is 6.78. The zero-order valence-corrected chi connectivity index (χ0v) is 11.5. The van der Waals surface area contributed by atoms with Crippen LogP contribution in [0.25, 0.3) is 0 Å². The molecule has 114 valence electrons. The van der Waals surface area contributed by atoms with Gasteiger partial charge in [-0.3, -0.25) is 9.59 Å². The van der Waals surface area contributed by atoms with Crippen molar-refractivity contribution in [2.45, 2.75) is 18.9 Å². The van der Waals surface area contributed by atoms with Crippen LogP contribution in [0.5, 0.6) is 0 Å². The predicted molar refractivity (Wildman–Crippen MR) is 75.4 cm³/mol. The van der Waals surface area contributed by atoms with Crippen molar-refractivity contribution in [1.29, 1.82) is 0 Å². The molecule has 0 atom stereocenters. The number of amides is 2. The molecule has 1 aromatic rings. The van der Waals surface area contributed by atoms with E-state index in [4.69, 9.17) is 10.5 Å². The van der Waals surface area contributed by atoms with E-state index in [0.717, 1.165) is 32.0 Å². The largest absolute Gasteiger partial charge is 0.368 e. The summed E-state index contributed by atoms with van der Waals surface area (Å²) in [6, 6.07) is 3.66. The molecule has 0 spiro atoms. The third-order valence-electron chi connectivity index (χ3n) is 3.25. The van der Waals surface area contributed by atoms with Gasteiger partial charge < -0.3 is 21.1 Å². The summed E-state index contributed by atoms with van der Waals surface area (Å²) in [7, 11) is 0. The van der Waals surface area contributed by atoms with Gasteiger partial charge in [0.15, 0.2) is 0 Å². The van der Waals surface area contributed by atoms with Gasteiger partial charge in [0.05, 0.1) is 11.7 Å². The molecule has 1 saturated heterocycles. The van der Waals surface area contributed by atoms with Crippen molar-refractivity contribution < 1.29 is 18.7 Å². The molecule has 1 aliphatic heterocycles. The second-order valence-electron chi connectivity index (χ2n) is 4.87. The molecular formula is C14H18FN3O3. The van der Waals surface area contributed by atoms with Crippen LogP contribution in [0.3, 0.4) is 0 Å². The predicted octanol–water partition coefficient (Wildman–Crippen LogP) is 0.632. The van der Waals surface area contributed by atoms with Gasteiger partial charge in [0.25, 0.3) is 5.91 Å². The SMILES string of the molecule is NC(=O)c1cc(NC(=O)COC2CCNCC2)ccc1F. The molecular weight excluding hydrogens is 277 g/mol. The van der Waals surface area contributed by atoms with Crippen LogP contribution < -0.4 is 16.4 Å². The molecule has 21 heavy (non-hydrogen) atoms. The standard InChI is InChI=1S/C14H18FN3O3/c15-12-2-1-9(7-11(12)14(16)20)18-13(19)8-21-10-3-5-17-6-4-10/h1-2,7,10,17H,3-6,8H2,(H2,16,20)(H,18,19). The molecule has 4 N–H and O–H groups in total. The van der Waals surface area contributed by atoms with E-state index in [2.05, 4.69) is 10.6 Å². The summed E-state index contributed by atoms with van der Waals surface area (Å²) >= 11 is 0. The lowest BCUT2D eigenvalue weighted by Crippen LogP contribution is -2.34. The van der Waals surface area contributed by atoms with Gasteiger partial charge in [-0.25, -0.2) is 4.39 Å². The number of nitrogens with one attached hydrogen (secondary N) is 2. The van der Waals surface area contributed by atoms with Crippen molar-refractivity contribution in [3.8, 4) is 0 Å². The number of benzene rings is 1. The first kappa shape index (κ1) is 15.4. The number of hydrogen-bond donors (Lipinski definition) is 3. The Bertz CT molecular complexity index is 530. The first-order chi connectivity index (χ1) is 10.1. The van der Waals surface area contributed by atoms with Crippen molar-refractivity contribution >= 4 is 17.5 Å². The van der Waals surface area contributed by atoms with Gasteiger partial charge in [-0.2, -0.15) is 0 Å². The van der Waals surface area contributed by atoms with Gasteiger partial charge in [-0.05, 0) is 44.1 Å². The van der Waals surface area contributed by atoms with Crippen LogP contribution >= 0.6 is 0 Å². The number of piperidine rings is 1. The summed E-state index contributed by atoms with van der Waals surface area (Å²) in [5.41, 5.74) is 5.10. The van der Waals surface area contributed by atoms with Gasteiger partial charge in [-0.15, -0.1) is 0 Å². The van der Waals surface area contributed by atoms with Crippen LogP contribution in [0.15, 0.2) is 18.2 Å². The maximum absolute atomic E-state index is 13.3. The number of carbonyl (C=O) groups is 2. The maximum Gasteiger partial charge on any atom is 0.251 e. The topological polar surface area (TPSA) is 93.5 Å². The molecule has 0 unspecified atom stereocenters. The van der Waals surface area contributed by atoms with E-state index < -0.39 is 11.7 Å². The minimum atomic E-state index is -0.880. The minimum Gasteiger partial charge on any atom is -0.368 e. The van der Waals surface area contributed by atoms with Crippen LogP contribution in [0.2, 0.25) is 0 Å². The molecule has 7 heteroatoms. The molecule has 2 rings (SSSR count). The monoisotopic (exact) mass is 295 g/mol. The van der Waals surface area contributed by atoms with Crippen molar-refractivity contribution in [3.05, 3.63) is 29.6 Å². The fraction of sp³-hybridized carbons (Fsp3) is 0.429. The first-order valence-corrected chi connectivity index (χ1v) is 6.78. The summed E-state index contributed by atoms with van der Waals surface area (Å²) in [6.45, 7) is 1.69. The van der Waals surface area contributed by atoms with Crippen molar-refractivity contribution in [3.63, 3.8) is 0 Å². The number of anilines is 1. The quantitative estimate of drug-likeness (QED) is 0.743. The lowest BCUT2D eigenvalue weighted by molar-refractivity contribution is -0.123. The third-order valence-corrected chi connectivity index (χ3v) is 3.25. The molecule has 0 radical (unpaired) electrons. The Hall–Kier alpha value is -1.99. The number of hydrogen-bond acceptors (Lipinski definition) is 4. The molecule has 0 aliphatic carbocycles. The van der Waals surface area contributed by atoms with E-state index in [1.54, 1.807) is 0 Å². The Labute approximate surface area is 121 Å². The zero-order valence-electron chi connectivity index (χ0n) is 11.5. The minimum absolute atomic E-state index is 0.0754. The van der Waals surface area contributed by atoms with Gasteiger partial charge in [0, 0.05) is 5.69 Å². The number of nitrogens with two attached hydrogens (primary N) is 1. The van der Waals surface area contributed by atoms with Crippen LogP contribution in [-0.4, -0.2) is 37.6 Å². The van der Waals surface area contributed by atoms with E-state index >= 15 is 0 Å². The summed E-state index contributed by atoms with van der Waals surface area (Å²) < 4.78 is 18.8. The fourth-order valence-corrected chi connectivity index (χ4v) is 2.14. The number of primary amides is 1. The van der Waals surface area contributed by atoms with E-state index in [0.29, 0.717) is 5.69 Å². The number of ether oxygens (including phenoxy) is 1. The molecule has 2 amide bonds. The lowest BCUT2D eigenvalue weighted by Gasteiger charge is -2.22. The van der Waals surface area contributed by atoms with Crippen LogP contribution in [-0.2, 0) is 9.53 Å². The number of carbonyl (C=O) groups excluding carboxylic acids is 2. The summed E-state index contributed by atoms with van der Waals surface area (Å²) in [4.78, 5) is 22.8. The lowest BCUT2D eigenvalue weighted by atomic mass is 10.1. The van der Waals surface area contributed by atoms with Crippen molar-refractivity contribution in [2.24, 2.45) is 5.73 Å². The average Bonchev–Trinajstić information content (AvgIpc) is 2.48. The highest BCUT2D eigenvalue weighted by atomic mass is 19.1. The Morgan fingerprint density at radius 3 is 2.76 bits per heavy atom. The van der Waals surface area contributed by atoms with Crippen LogP contribution in [0.4, 0.5) is 10.1 Å². The van der Waals surface area contributed by atoms with Gasteiger partial charge in [0.1, 0.15) is 12.4 Å². The van der Waals surface area contributed by atoms with E-state index in [1.165, 1.54) is 12.1 Å². The molecule has 1 heterocycles. The zero-order chi connectivity index (χ0) is 15.2. The molecule has 0 saturated carbocycles. The Kier molecular flexibility index (Phi) is 5.24. The van der Waals surface area contributed by atoms with Crippen LogP contribution in [0.1, 0.15) is 23.2 Å². The van der Waals surface area contributed by atoms with E-state index in [-0.39, 0.29) is 24.2 Å². The molecule has 6 nitrogen and oxygen atoms in total. The summed E-state index contributed by atoms with van der Waals surface area (Å²) in [5, 5.41) is 5.75. The number of rotatable bonds is 5. The van der Waals surface area contributed by atoms with E-state index in [1.807, 2.05) is 0 Å². The molecule has 1 aliphatic rings. The second-order valence-corrected chi connectivity index (χ2v) is 4.87. The molecule has 0 aromatic heterocycles. The Morgan fingerprint density at radius 1 is 1.38 bits per heavy atom. The highest BCUT2D eigenvalue weighted by Gasteiger charge is 2.15. The van der Waals surface area contributed by atoms with E-state index in [9.17, 15) is 14.0 Å². The smallest absolute Gasteiger partial charge is 0.251 e. The van der Waals surface area contributed by atoms with Crippen molar-refractivity contribution in [2.75, 3.05) is 25.0 Å². The summed E-state index contributed by atoms with van der Waals surface area (Å²) in [5.74, 6) is -1.95. The average molecular weight is 295 g/mol. The number of halogens is 1. The third kappa shape index (κ3) is 4.51.